The van der Waals surface area contributed by atoms with Gasteiger partial charge in [-0.25, -0.2) is 4.98 Å². The third kappa shape index (κ3) is 12.0. The molecule has 0 saturated heterocycles. The van der Waals surface area contributed by atoms with Crippen LogP contribution in [0, 0.1) is 0 Å². The number of nitrogens with two attached hydrogens (primary N) is 3. The molecule has 0 aliphatic rings. The highest BCUT2D eigenvalue weighted by Gasteiger charge is 2.33. The van der Waals surface area contributed by atoms with Crippen LogP contribution in [-0.4, -0.2) is 94.9 Å². The number of unbranched alkanes of at least 4 members (excludes halogenated alkanes) is 1. The van der Waals surface area contributed by atoms with Gasteiger partial charge in [-0.2, -0.15) is 0 Å². The average molecular weight is 742 g/mol. The number of halogens is 1. The molecule has 17 nitrogen and oxygen atoms in total. The molecule has 3 aromatic rings. The Labute approximate surface area is 304 Å². The molecule has 1 heterocycles. The topological polar surface area (TPSA) is 287 Å². The maximum absolute atomic E-state index is 13.1. The molecule has 0 radical (unpaired) electrons. The molecule has 5 amide bonds. The number of Topliss-reactive ketones (excluding diaryl/α,β-unsaturated/α-hetero) is 1. The molecular weight excluding hydrogens is 698 g/mol. The van der Waals surface area contributed by atoms with Gasteiger partial charge in [0.05, 0.1) is 18.3 Å². The molecule has 0 aliphatic carbocycles. The van der Waals surface area contributed by atoms with Crippen LogP contribution in [0.1, 0.15) is 54.2 Å². The first-order chi connectivity index (χ1) is 24.7. The van der Waals surface area contributed by atoms with E-state index in [4.69, 9.17) is 33.2 Å². The molecule has 1 aromatic heterocycles. The highest BCUT2D eigenvalue weighted by Crippen LogP contribution is 2.22. The predicted molar refractivity (Wildman–Crippen MR) is 190 cm³/mol. The number of nitrogens with zero attached hydrogens (tertiary/aromatic N) is 1. The summed E-state index contributed by atoms with van der Waals surface area (Å²) in [7, 11) is 0. The van der Waals surface area contributed by atoms with Crippen LogP contribution < -0.4 is 43.8 Å². The zero-order valence-electron chi connectivity index (χ0n) is 28.6. The minimum atomic E-state index is -1.73. The van der Waals surface area contributed by atoms with Crippen LogP contribution in [0.3, 0.4) is 0 Å². The lowest BCUT2D eigenvalue weighted by Gasteiger charge is -2.26. The van der Waals surface area contributed by atoms with E-state index in [2.05, 4.69) is 31.6 Å². The summed E-state index contributed by atoms with van der Waals surface area (Å²) in [5, 5.41) is 22.9. The molecule has 52 heavy (non-hydrogen) atoms. The fourth-order valence-corrected chi connectivity index (χ4v) is 4.96. The third-order valence-corrected chi connectivity index (χ3v) is 8.05. The Morgan fingerprint density at radius 3 is 1.96 bits per heavy atom. The molecule has 3 rings (SSSR count). The normalized spacial score (nSPS) is 14.4. The van der Waals surface area contributed by atoms with Gasteiger partial charge in [-0.1, -0.05) is 35.9 Å². The molecule has 6 atom stereocenters. The number of aliphatic hydroxyl groups is 1. The van der Waals surface area contributed by atoms with Crippen molar-refractivity contribution >= 4 is 46.9 Å². The number of carbonyl (C=O) groups is 6. The molecule has 0 unspecified atom stereocenters. The van der Waals surface area contributed by atoms with Crippen molar-refractivity contribution in [3.8, 4) is 11.1 Å². The quantitative estimate of drug-likeness (QED) is 0.0420. The summed E-state index contributed by atoms with van der Waals surface area (Å²) >= 11 is 5.95. The Morgan fingerprint density at radius 1 is 0.788 bits per heavy atom. The van der Waals surface area contributed by atoms with Crippen LogP contribution in [-0.2, 0) is 19.2 Å². The van der Waals surface area contributed by atoms with Crippen LogP contribution >= 0.6 is 11.6 Å². The van der Waals surface area contributed by atoms with E-state index >= 15 is 0 Å². The Bertz CT molecular complexity index is 1670. The summed E-state index contributed by atoms with van der Waals surface area (Å²) in [5.74, 6) is -5.04. The average Bonchev–Trinajstić information content (AvgIpc) is 3.67. The van der Waals surface area contributed by atoms with Gasteiger partial charge in [-0.3, -0.25) is 28.8 Å². The minimum Gasteiger partial charge on any atom is -0.442 e. The van der Waals surface area contributed by atoms with E-state index in [0.29, 0.717) is 24.4 Å². The number of benzene rings is 2. The van der Waals surface area contributed by atoms with E-state index in [1.54, 1.807) is 36.4 Å². The first kappa shape index (κ1) is 41.2. The van der Waals surface area contributed by atoms with E-state index in [0.717, 1.165) is 11.1 Å². The molecule has 0 aliphatic heterocycles. The number of hydrogen-bond acceptors (Lipinski definition) is 12. The van der Waals surface area contributed by atoms with E-state index in [1.807, 2.05) is 12.1 Å². The first-order valence-electron chi connectivity index (χ1n) is 16.4. The number of rotatable bonds is 19. The minimum absolute atomic E-state index is 0.125. The van der Waals surface area contributed by atoms with Crippen LogP contribution in [0.4, 0.5) is 0 Å². The van der Waals surface area contributed by atoms with Crippen LogP contribution in [0.2, 0.25) is 5.02 Å². The summed E-state index contributed by atoms with van der Waals surface area (Å²) in [5.41, 5.74) is 19.2. The van der Waals surface area contributed by atoms with E-state index in [9.17, 15) is 33.9 Å². The molecule has 0 saturated carbocycles. The zero-order valence-corrected chi connectivity index (χ0v) is 29.4. The number of carbonyl (C=O) groups excluding carboxylic acids is 6. The van der Waals surface area contributed by atoms with Crippen molar-refractivity contribution in [3.05, 3.63) is 77.5 Å². The Morgan fingerprint density at radius 2 is 1.40 bits per heavy atom. The van der Waals surface area contributed by atoms with Crippen LogP contribution in [0.25, 0.3) is 11.1 Å². The van der Waals surface area contributed by atoms with Crippen molar-refractivity contribution in [2.45, 2.75) is 69.5 Å². The lowest BCUT2D eigenvalue weighted by atomic mass is 10.0. The van der Waals surface area contributed by atoms with Gasteiger partial charge in [0.15, 0.2) is 6.17 Å². The SMILES string of the molecule is C[C@H](NC(=O)[C@H](CCCCN)NC(=O)[C@H](N)NC(=O)[C@@H](NC(=O)[C@H](CN)NC(=O)c1ccc(-c2ccc(Cl)cc2)cc1)[C@@H](C)O)C(=O)c1ncco1. The number of ketones is 1. The molecule has 12 N–H and O–H groups in total. The van der Waals surface area contributed by atoms with E-state index < -0.39 is 71.8 Å². The highest BCUT2D eigenvalue weighted by molar-refractivity contribution is 6.30. The number of nitrogens with one attached hydrogen (secondary N) is 5. The van der Waals surface area contributed by atoms with Crippen molar-refractivity contribution in [1.29, 1.82) is 0 Å². The summed E-state index contributed by atoms with van der Waals surface area (Å²) in [6, 6.07) is 8.56. The predicted octanol–water partition coefficient (Wildman–Crippen LogP) is -0.680. The van der Waals surface area contributed by atoms with E-state index in [-0.39, 0.29) is 24.4 Å². The fourth-order valence-electron chi connectivity index (χ4n) is 4.83. The van der Waals surface area contributed by atoms with Gasteiger partial charge in [-0.15, -0.1) is 0 Å². The van der Waals surface area contributed by atoms with Crippen LogP contribution in [0.15, 0.2) is 65.4 Å². The van der Waals surface area contributed by atoms with Gasteiger partial charge in [0, 0.05) is 17.1 Å². The second-order valence-electron chi connectivity index (χ2n) is 11.8. The first-order valence-corrected chi connectivity index (χ1v) is 16.8. The lowest BCUT2D eigenvalue weighted by molar-refractivity contribution is -0.135. The Kier molecular flexibility index (Phi) is 15.9. The Balaban J connectivity index is 1.59. The van der Waals surface area contributed by atoms with Gasteiger partial charge in [0.1, 0.15) is 24.4 Å². The molecule has 18 heteroatoms. The maximum Gasteiger partial charge on any atom is 0.265 e. The molecule has 0 bridgehead atoms. The number of oxazole rings is 1. The summed E-state index contributed by atoms with van der Waals surface area (Å²) in [4.78, 5) is 81.5. The maximum atomic E-state index is 13.1. The van der Waals surface area contributed by atoms with Gasteiger partial charge in [-0.05, 0) is 75.0 Å². The fraction of sp³-hybridized carbons (Fsp3) is 0.382. The standard InChI is InChI=1S/C34H44ClN9O8/c1-18(27(46)34-39-15-16-52-34)40-30(48)24(5-3-4-14-36)41-33(51)28(38)44-32(50)26(19(2)45)43-31(49)25(17-37)42-29(47)22-8-6-20(7-9-22)21-10-12-23(35)13-11-21/h6-13,15-16,18-19,24-26,28,45H,3-5,14,17,36-38H2,1-2H3,(H,40,48)(H,41,51)(H,42,47)(H,43,49)(H,44,50)/t18-,19+,24-,25-,26-,28+/m0/s1. The second-order valence-corrected chi connectivity index (χ2v) is 12.3. The highest BCUT2D eigenvalue weighted by atomic mass is 35.5. The monoisotopic (exact) mass is 741 g/mol. The van der Waals surface area contributed by atoms with Crippen molar-refractivity contribution in [1.82, 2.24) is 31.6 Å². The number of aliphatic hydroxyl groups excluding tert-OH is 1. The Hall–Kier alpha value is -5.20. The lowest BCUT2D eigenvalue weighted by Crippen LogP contribution is -2.63. The largest absolute Gasteiger partial charge is 0.442 e. The number of aromatic nitrogens is 1. The van der Waals surface area contributed by atoms with Crippen molar-refractivity contribution < 1.29 is 38.3 Å². The zero-order chi connectivity index (χ0) is 38.4. The van der Waals surface area contributed by atoms with Gasteiger partial charge >= 0.3 is 0 Å². The third-order valence-electron chi connectivity index (χ3n) is 7.80. The van der Waals surface area contributed by atoms with Gasteiger partial charge < -0.3 is 53.3 Å². The number of hydrogen-bond donors (Lipinski definition) is 9. The summed E-state index contributed by atoms with van der Waals surface area (Å²) in [6.07, 6.45) is 0.362. The smallest absolute Gasteiger partial charge is 0.265 e. The second kappa shape index (κ2) is 20.0. The summed E-state index contributed by atoms with van der Waals surface area (Å²) < 4.78 is 4.98. The van der Waals surface area contributed by atoms with Gasteiger partial charge in [0.25, 0.3) is 17.7 Å². The van der Waals surface area contributed by atoms with Crippen LogP contribution in [0.5, 0.6) is 0 Å². The molecule has 0 fully saturated rings. The van der Waals surface area contributed by atoms with Crippen molar-refractivity contribution in [3.63, 3.8) is 0 Å². The van der Waals surface area contributed by atoms with E-state index in [1.165, 1.54) is 26.3 Å². The number of amides is 5. The molecule has 2 aromatic carbocycles. The molecular formula is C34H44ClN9O8. The molecule has 280 valence electrons. The summed E-state index contributed by atoms with van der Waals surface area (Å²) in [6.45, 7) is 2.61. The van der Waals surface area contributed by atoms with Gasteiger partial charge in [0.2, 0.25) is 23.5 Å². The van der Waals surface area contributed by atoms with Crippen molar-refractivity contribution in [2.24, 2.45) is 17.2 Å². The molecule has 0 spiro atoms. The van der Waals surface area contributed by atoms with Crippen molar-refractivity contribution in [2.75, 3.05) is 13.1 Å².